The van der Waals surface area contributed by atoms with Crippen molar-refractivity contribution in [1.82, 2.24) is 9.99 Å². The Bertz CT molecular complexity index is 1150. The normalized spacial score (nSPS) is 15.9. The standard InChI is InChI=1S/C25H30N4O/c1-6-29-24(30)25(4,5)23(28-29)17-7-8-21-20(14-17)19(9-10-26)22(27-21)18-12-15(2)11-16(3)13-18/h7-8,11-14,27H,6,9-10,26H2,1-5H3. The monoisotopic (exact) mass is 402 g/mol. The Kier molecular flexibility index (Phi) is 5.02. The molecule has 2 heterocycles. The molecule has 0 atom stereocenters. The van der Waals surface area contributed by atoms with E-state index < -0.39 is 5.41 Å². The summed E-state index contributed by atoms with van der Waals surface area (Å²) in [5.74, 6) is 0.0484. The van der Waals surface area contributed by atoms with Gasteiger partial charge in [0.1, 0.15) is 0 Å². The number of hydrogen-bond donors (Lipinski definition) is 2. The number of nitrogens with zero attached hydrogens (tertiary/aromatic N) is 2. The number of amides is 1. The molecular formula is C25H30N4O. The lowest BCUT2D eigenvalue weighted by atomic mass is 9.83. The Labute approximate surface area is 178 Å². The molecule has 3 N–H and O–H groups in total. The lowest BCUT2D eigenvalue weighted by Gasteiger charge is -2.19. The molecule has 4 rings (SSSR count). The van der Waals surface area contributed by atoms with E-state index in [-0.39, 0.29) is 5.91 Å². The maximum atomic E-state index is 12.7. The molecular weight excluding hydrogens is 372 g/mol. The number of hydrogen-bond acceptors (Lipinski definition) is 3. The van der Waals surface area contributed by atoms with Gasteiger partial charge in [-0.3, -0.25) is 4.79 Å². The summed E-state index contributed by atoms with van der Waals surface area (Å²) >= 11 is 0. The van der Waals surface area contributed by atoms with E-state index >= 15 is 0 Å². The van der Waals surface area contributed by atoms with Crippen molar-refractivity contribution in [3.05, 3.63) is 58.7 Å². The summed E-state index contributed by atoms with van der Waals surface area (Å²) in [5.41, 5.74) is 14.2. The van der Waals surface area contributed by atoms with Crippen LogP contribution in [0.25, 0.3) is 22.2 Å². The number of fused-ring (bicyclic) bond motifs is 1. The highest BCUT2D eigenvalue weighted by molar-refractivity contribution is 6.20. The molecule has 5 heteroatoms. The van der Waals surface area contributed by atoms with Gasteiger partial charge in [-0.05, 0) is 88.5 Å². The third-order valence-electron chi connectivity index (χ3n) is 5.97. The second-order valence-electron chi connectivity index (χ2n) is 8.75. The van der Waals surface area contributed by atoms with E-state index in [0.717, 1.165) is 34.3 Å². The second kappa shape index (κ2) is 7.40. The largest absolute Gasteiger partial charge is 0.354 e. The highest BCUT2D eigenvalue weighted by atomic mass is 16.2. The minimum Gasteiger partial charge on any atom is -0.354 e. The summed E-state index contributed by atoms with van der Waals surface area (Å²) in [6.07, 6.45) is 0.779. The van der Waals surface area contributed by atoms with Crippen LogP contribution in [-0.2, 0) is 11.2 Å². The van der Waals surface area contributed by atoms with Crippen molar-refractivity contribution in [3.63, 3.8) is 0 Å². The van der Waals surface area contributed by atoms with Crippen LogP contribution < -0.4 is 5.73 Å². The topological polar surface area (TPSA) is 74.5 Å². The van der Waals surface area contributed by atoms with Crippen molar-refractivity contribution < 1.29 is 4.79 Å². The van der Waals surface area contributed by atoms with Crippen LogP contribution in [0.5, 0.6) is 0 Å². The summed E-state index contributed by atoms with van der Waals surface area (Å²) in [7, 11) is 0. The molecule has 0 radical (unpaired) electrons. The quantitative estimate of drug-likeness (QED) is 0.657. The van der Waals surface area contributed by atoms with Crippen LogP contribution in [0.15, 0.2) is 41.5 Å². The Morgan fingerprint density at radius 3 is 2.37 bits per heavy atom. The summed E-state index contributed by atoms with van der Waals surface area (Å²) < 4.78 is 0. The van der Waals surface area contributed by atoms with Crippen molar-refractivity contribution >= 4 is 22.5 Å². The Morgan fingerprint density at radius 2 is 1.77 bits per heavy atom. The first-order chi connectivity index (χ1) is 14.3. The van der Waals surface area contributed by atoms with Crippen LogP contribution in [0.4, 0.5) is 0 Å². The summed E-state index contributed by atoms with van der Waals surface area (Å²) in [6.45, 7) is 11.2. The predicted octanol–water partition coefficient (Wildman–Crippen LogP) is 4.55. The molecule has 1 aliphatic heterocycles. The fourth-order valence-corrected chi connectivity index (χ4v) is 4.51. The lowest BCUT2D eigenvalue weighted by Crippen LogP contribution is -2.34. The van der Waals surface area contributed by atoms with Crippen LogP contribution in [0.2, 0.25) is 0 Å². The number of aromatic nitrogens is 1. The molecule has 0 fully saturated rings. The first kappa shape index (κ1) is 20.4. The molecule has 0 saturated heterocycles. The molecule has 2 aromatic carbocycles. The van der Waals surface area contributed by atoms with Crippen molar-refractivity contribution in [2.75, 3.05) is 13.1 Å². The summed E-state index contributed by atoms with van der Waals surface area (Å²) in [6, 6.07) is 12.9. The molecule has 30 heavy (non-hydrogen) atoms. The Morgan fingerprint density at radius 1 is 1.07 bits per heavy atom. The van der Waals surface area contributed by atoms with E-state index in [2.05, 4.69) is 60.3 Å². The van der Waals surface area contributed by atoms with E-state index in [4.69, 9.17) is 5.73 Å². The van der Waals surface area contributed by atoms with E-state index in [0.29, 0.717) is 13.1 Å². The summed E-state index contributed by atoms with van der Waals surface area (Å²) in [4.78, 5) is 16.3. The van der Waals surface area contributed by atoms with E-state index in [1.165, 1.54) is 22.3 Å². The molecule has 1 aromatic heterocycles. The van der Waals surface area contributed by atoms with Crippen LogP contribution in [-0.4, -0.2) is 34.7 Å². The van der Waals surface area contributed by atoms with Gasteiger partial charge in [0, 0.05) is 23.1 Å². The van der Waals surface area contributed by atoms with Crippen LogP contribution in [0.1, 0.15) is 43.0 Å². The first-order valence-electron chi connectivity index (χ1n) is 10.6. The molecule has 0 saturated carbocycles. The predicted molar refractivity (Wildman–Crippen MR) is 124 cm³/mol. The van der Waals surface area contributed by atoms with Gasteiger partial charge >= 0.3 is 0 Å². The smallest absolute Gasteiger partial charge is 0.254 e. The number of carbonyl (C=O) groups is 1. The SMILES string of the molecule is CCN1N=C(c2ccc3[nH]c(-c4cc(C)cc(C)c4)c(CCN)c3c2)C(C)(C)C1=O. The highest BCUT2D eigenvalue weighted by Gasteiger charge is 2.43. The van der Waals surface area contributed by atoms with Gasteiger partial charge in [-0.1, -0.05) is 23.3 Å². The molecule has 0 unspecified atom stereocenters. The lowest BCUT2D eigenvalue weighted by molar-refractivity contribution is -0.134. The number of benzene rings is 2. The summed E-state index contributed by atoms with van der Waals surface area (Å²) in [5, 5.41) is 7.36. The van der Waals surface area contributed by atoms with Gasteiger partial charge in [-0.25, -0.2) is 5.01 Å². The first-order valence-corrected chi connectivity index (χ1v) is 10.6. The number of hydrazone groups is 1. The van der Waals surface area contributed by atoms with Gasteiger partial charge in [-0.15, -0.1) is 0 Å². The van der Waals surface area contributed by atoms with Crippen molar-refractivity contribution in [2.24, 2.45) is 16.3 Å². The van der Waals surface area contributed by atoms with Crippen LogP contribution in [0.3, 0.4) is 0 Å². The maximum Gasteiger partial charge on any atom is 0.254 e. The van der Waals surface area contributed by atoms with Crippen molar-refractivity contribution in [2.45, 2.75) is 41.0 Å². The Hall–Kier alpha value is -2.92. The average molecular weight is 403 g/mol. The Balaban J connectivity index is 1.89. The zero-order valence-corrected chi connectivity index (χ0v) is 18.5. The number of nitrogens with one attached hydrogen (secondary N) is 1. The van der Waals surface area contributed by atoms with Gasteiger partial charge in [0.25, 0.3) is 5.91 Å². The minimum atomic E-state index is -0.634. The highest BCUT2D eigenvalue weighted by Crippen LogP contribution is 2.36. The molecule has 0 aliphatic carbocycles. The number of nitrogens with two attached hydrogens (primary N) is 1. The molecule has 1 aliphatic rings. The molecule has 0 spiro atoms. The zero-order valence-electron chi connectivity index (χ0n) is 18.5. The molecule has 3 aromatic rings. The molecule has 156 valence electrons. The van der Waals surface area contributed by atoms with E-state index in [9.17, 15) is 4.79 Å². The minimum absolute atomic E-state index is 0.0484. The van der Waals surface area contributed by atoms with Gasteiger partial charge in [0.15, 0.2) is 0 Å². The van der Waals surface area contributed by atoms with Gasteiger partial charge in [-0.2, -0.15) is 5.10 Å². The van der Waals surface area contributed by atoms with Crippen LogP contribution >= 0.6 is 0 Å². The fourth-order valence-electron chi connectivity index (χ4n) is 4.51. The number of aryl methyl sites for hydroxylation is 2. The maximum absolute atomic E-state index is 12.7. The third-order valence-corrected chi connectivity index (χ3v) is 5.97. The molecule has 0 bridgehead atoms. The van der Waals surface area contributed by atoms with Crippen LogP contribution in [0, 0.1) is 19.3 Å². The van der Waals surface area contributed by atoms with Crippen molar-refractivity contribution in [1.29, 1.82) is 0 Å². The van der Waals surface area contributed by atoms with Gasteiger partial charge in [0.05, 0.1) is 11.1 Å². The number of carbonyl (C=O) groups excluding carboxylic acids is 1. The average Bonchev–Trinajstić information content (AvgIpc) is 3.16. The number of rotatable bonds is 5. The van der Waals surface area contributed by atoms with Gasteiger partial charge in [0.2, 0.25) is 0 Å². The number of H-pyrrole nitrogens is 1. The van der Waals surface area contributed by atoms with Crippen molar-refractivity contribution in [3.8, 4) is 11.3 Å². The zero-order chi connectivity index (χ0) is 21.6. The molecule has 5 nitrogen and oxygen atoms in total. The fraction of sp³-hybridized carbons (Fsp3) is 0.360. The second-order valence-corrected chi connectivity index (χ2v) is 8.75. The number of aromatic amines is 1. The van der Waals surface area contributed by atoms with E-state index in [1.54, 1.807) is 5.01 Å². The molecule has 1 amide bonds. The van der Waals surface area contributed by atoms with E-state index in [1.807, 2.05) is 20.8 Å². The third kappa shape index (κ3) is 3.23. The van der Waals surface area contributed by atoms with Gasteiger partial charge < -0.3 is 10.7 Å².